The van der Waals surface area contributed by atoms with Gasteiger partial charge in [-0.15, -0.1) is 11.3 Å². The molecule has 0 spiro atoms. The van der Waals surface area contributed by atoms with E-state index < -0.39 is 11.7 Å². The Morgan fingerprint density at radius 3 is 2.52 bits per heavy atom. The SMILES string of the molecule is O=C(CCc1ccc(C(F)(F)F)cc1)NCc1cccnc1-c1cccs1. The molecule has 1 aromatic carbocycles. The molecule has 0 saturated heterocycles. The van der Waals surface area contributed by atoms with Crippen LogP contribution in [0.3, 0.4) is 0 Å². The van der Waals surface area contributed by atoms with Crippen LogP contribution in [0.25, 0.3) is 10.6 Å². The maximum atomic E-state index is 12.6. The summed E-state index contributed by atoms with van der Waals surface area (Å²) in [5.41, 5.74) is 1.77. The van der Waals surface area contributed by atoms with Gasteiger partial charge < -0.3 is 5.32 Å². The summed E-state index contributed by atoms with van der Waals surface area (Å²) >= 11 is 1.58. The van der Waals surface area contributed by atoms with Crippen LogP contribution >= 0.6 is 11.3 Å². The third-order valence-electron chi connectivity index (χ3n) is 4.04. The van der Waals surface area contributed by atoms with E-state index in [1.165, 1.54) is 12.1 Å². The van der Waals surface area contributed by atoms with Crippen molar-refractivity contribution in [3.8, 4) is 10.6 Å². The molecule has 0 bridgehead atoms. The Morgan fingerprint density at radius 2 is 1.85 bits per heavy atom. The van der Waals surface area contributed by atoms with Crippen molar-refractivity contribution in [2.75, 3.05) is 0 Å². The Morgan fingerprint density at radius 1 is 1.07 bits per heavy atom. The molecule has 0 unspecified atom stereocenters. The zero-order valence-electron chi connectivity index (χ0n) is 14.3. The van der Waals surface area contributed by atoms with Crippen molar-refractivity contribution in [2.45, 2.75) is 25.6 Å². The Labute approximate surface area is 158 Å². The number of aryl methyl sites for hydroxylation is 1. The fourth-order valence-electron chi connectivity index (χ4n) is 2.62. The van der Waals surface area contributed by atoms with Crippen molar-refractivity contribution in [1.82, 2.24) is 10.3 Å². The van der Waals surface area contributed by atoms with Crippen molar-refractivity contribution >= 4 is 17.2 Å². The number of carbonyl (C=O) groups excluding carboxylic acids is 1. The number of thiophene rings is 1. The number of benzene rings is 1. The van der Waals surface area contributed by atoms with E-state index in [0.29, 0.717) is 18.5 Å². The minimum absolute atomic E-state index is 0.157. The van der Waals surface area contributed by atoms with Crippen molar-refractivity contribution in [3.63, 3.8) is 0 Å². The number of hydrogen-bond donors (Lipinski definition) is 1. The molecule has 7 heteroatoms. The number of rotatable bonds is 6. The molecule has 27 heavy (non-hydrogen) atoms. The highest BCUT2D eigenvalue weighted by atomic mass is 32.1. The molecule has 0 fully saturated rings. The molecule has 0 aliphatic heterocycles. The molecule has 1 N–H and O–H groups in total. The summed E-state index contributed by atoms with van der Waals surface area (Å²) in [7, 11) is 0. The van der Waals surface area contributed by atoms with Crippen LogP contribution in [0, 0.1) is 0 Å². The third-order valence-corrected chi connectivity index (χ3v) is 4.92. The standard InChI is InChI=1S/C20H17F3N2OS/c21-20(22,23)16-8-5-14(6-9-16)7-10-18(26)25-13-15-3-1-11-24-19(15)17-4-2-12-27-17/h1-6,8-9,11-12H,7,10,13H2,(H,25,26). The van der Waals surface area contributed by atoms with Crippen molar-refractivity contribution < 1.29 is 18.0 Å². The third kappa shape index (κ3) is 5.17. The van der Waals surface area contributed by atoms with Gasteiger partial charge in [-0.25, -0.2) is 0 Å². The Kier molecular flexibility index (Phi) is 5.91. The number of nitrogens with zero attached hydrogens (tertiary/aromatic N) is 1. The van der Waals surface area contributed by atoms with Gasteiger partial charge >= 0.3 is 6.18 Å². The second-order valence-electron chi connectivity index (χ2n) is 5.96. The molecule has 3 rings (SSSR count). The van der Waals surface area contributed by atoms with Gasteiger partial charge in [0.2, 0.25) is 5.91 Å². The molecule has 0 aliphatic carbocycles. The van der Waals surface area contributed by atoms with E-state index >= 15 is 0 Å². The number of carbonyl (C=O) groups is 1. The zero-order valence-corrected chi connectivity index (χ0v) is 15.1. The summed E-state index contributed by atoms with van der Waals surface area (Å²) in [4.78, 5) is 17.5. The largest absolute Gasteiger partial charge is 0.416 e. The lowest BCUT2D eigenvalue weighted by Crippen LogP contribution is -2.23. The van der Waals surface area contributed by atoms with Crippen LogP contribution in [0.5, 0.6) is 0 Å². The van der Waals surface area contributed by atoms with E-state index in [2.05, 4.69) is 10.3 Å². The van der Waals surface area contributed by atoms with E-state index in [1.807, 2.05) is 29.6 Å². The molecule has 0 saturated carbocycles. The predicted octanol–water partition coefficient (Wildman–Crippen LogP) is 5.08. The Hall–Kier alpha value is -2.67. The van der Waals surface area contributed by atoms with Gasteiger partial charge in [-0.2, -0.15) is 13.2 Å². The van der Waals surface area contributed by atoms with Crippen LogP contribution in [-0.4, -0.2) is 10.9 Å². The molecule has 0 aliphatic rings. The van der Waals surface area contributed by atoms with Gasteiger partial charge in [-0.1, -0.05) is 24.3 Å². The average molecular weight is 390 g/mol. The maximum Gasteiger partial charge on any atom is 0.416 e. The lowest BCUT2D eigenvalue weighted by molar-refractivity contribution is -0.137. The van der Waals surface area contributed by atoms with Crippen LogP contribution < -0.4 is 5.32 Å². The lowest BCUT2D eigenvalue weighted by atomic mass is 10.1. The zero-order chi connectivity index (χ0) is 19.3. The number of nitrogens with one attached hydrogen (secondary N) is 1. The van der Waals surface area contributed by atoms with Gasteiger partial charge in [0.1, 0.15) is 0 Å². The number of pyridine rings is 1. The molecular formula is C20H17F3N2OS. The van der Waals surface area contributed by atoms with Crippen LogP contribution in [0.4, 0.5) is 13.2 Å². The fourth-order valence-corrected chi connectivity index (χ4v) is 3.37. The van der Waals surface area contributed by atoms with Crippen molar-refractivity contribution in [3.05, 3.63) is 76.8 Å². The minimum atomic E-state index is -4.35. The molecule has 140 valence electrons. The van der Waals surface area contributed by atoms with E-state index in [4.69, 9.17) is 0 Å². The predicted molar refractivity (Wildman–Crippen MR) is 99.2 cm³/mol. The van der Waals surface area contributed by atoms with Crippen LogP contribution in [-0.2, 0) is 23.9 Å². The second kappa shape index (κ2) is 8.35. The Bertz CT molecular complexity index is 890. The topological polar surface area (TPSA) is 42.0 Å². The fraction of sp³-hybridized carbons (Fsp3) is 0.200. The molecule has 2 aromatic heterocycles. The molecule has 3 aromatic rings. The number of amides is 1. The minimum Gasteiger partial charge on any atom is -0.352 e. The van der Waals surface area contributed by atoms with Crippen LogP contribution in [0.2, 0.25) is 0 Å². The molecule has 1 amide bonds. The summed E-state index contributed by atoms with van der Waals surface area (Å²) in [6, 6.07) is 12.5. The Balaban J connectivity index is 1.54. The highest BCUT2D eigenvalue weighted by molar-refractivity contribution is 7.13. The highest BCUT2D eigenvalue weighted by Gasteiger charge is 2.29. The normalized spacial score (nSPS) is 11.4. The molecule has 3 nitrogen and oxygen atoms in total. The van der Waals surface area contributed by atoms with E-state index in [0.717, 1.165) is 28.3 Å². The van der Waals surface area contributed by atoms with Crippen LogP contribution in [0.1, 0.15) is 23.1 Å². The van der Waals surface area contributed by atoms with Gasteiger partial charge in [0.15, 0.2) is 0 Å². The summed E-state index contributed by atoms with van der Waals surface area (Å²) < 4.78 is 37.7. The first-order valence-electron chi connectivity index (χ1n) is 8.34. The first-order chi connectivity index (χ1) is 12.9. The van der Waals surface area contributed by atoms with E-state index in [-0.39, 0.29) is 12.3 Å². The number of halogens is 3. The lowest BCUT2D eigenvalue weighted by Gasteiger charge is -2.10. The van der Waals surface area contributed by atoms with Gasteiger partial charge in [0, 0.05) is 19.2 Å². The van der Waals surface area contributed by atoms with Crippen molar-refractivity contribution in [1.29, 1.82) is 0 Å². The first kappa shape index (κ1) is 19.1. The van der Waals surface area contributed by atoms with E-state index in [1.54, 1.807) is 17.5 Å². The smallest absolute Gasteiger partial charge is 0.352 e. The van der Waals surface area contributed by atoms with E-state index in [9.17, 15) is 18.0 Å². The van der Waals surface area contributed by atoms with Gasteiger partial charge in [0.25, 0.3) is 0 Å². The maximum absolute atomic E-state index is 12.6. The number of alkyl halides is 3. The van der Waals surface area contributed by atoms with Gasteiger partial charge in [-0.3, -0.25) is 9.78 Å². The van der Waals surface area contributed by atoms with Gasteiger partial charge in [0.05, 0.1) is 16.1 Å². The molecule has 0 atom stereocenters. The first-order valence-corrected chi connectivity index (χ1v) is 9.22. The quantitative estimate of drug-likeness (QED) is 0.638. The summed E-state index contributed by atoms with van der Waals surface area (Å²) in [6.07, 6.45) is -2.04. The summed E-state index contributed by atoms with van der Waals surface area (Å²) in [5, 5.41) is 4.82. The van der Waals surface area contributed by atoms with Gasteiger partial charge in [-0.05, 0) is 47.2 Å². The number of aromatic nitrogens is 1. The van der Waals surface area contributed by atoms with Crippen molar-refractivity contribution in [2.24, 2.45) is 0 Å². The summed E-state index contributed by atoms with van der Waals surface area (Å²) in [5.74, 6) is -0.157. The monoisotopic (exact) mass is 390 g/mol. The molecule has 2 heterocycles. The summed E-state index contributed by atoms with van der Waals surface area (Å²) in [6.45, 7) is 0.354. The second-order valence-corrected chi connectivity index (χ2v) is 6.91. The molecule has 0 radical (unpaired) electrons. The average Bonchev–Trinajstić information content (AvgIpc) is 3.19. The molecular weight excluding hydrogens is 373 g/mol. The highest BCUT2D eigenvalue weighted by Crippen LogP contribution is 2.29. The van der Waals surface area contributed by atoms with Crippen LogP contribution in [0.15, 0.2) is 60.1 Å². The number of hydrogen-bond acceptors (Lipinski definition) is 3.